The second-order valence-electron chi connectivity index (χ2n) is 6.21. The zero-order chi connectivity index (χ0) is 14.5. The molecule has 112 valence electrons. The lowest BCUT2D eigenvalue weighted by Gasteiger charge is -2.37. The minimum absolute atomic E-state index is 0.105. The highest BCUT2D eigenvalue weighted by Crippen LogP contribution is 2.40. The second-order valence-corrected chi connectivity index (χ2v) is 6.21. The largest absolute Gasteiger partial charge is 0.310 e. The van der Waals surface area contributed by atoms with Crippen LogP contribution in [0.5, 0.6) is 0 Å². The molecular formula is C18H28FN. The van der Waals surface area contributed by atoms with Crippen molar-refractivity contribution in [1.82, 2.24) is 5.32 Å². The average molecular weight is 277 g/mol. The van der Waals surface area contributed by atoms with Crippen LogP contribution in [0.3, 0.4) is 0 Å². The van der Waals surface area contributed by atoms with Gasteiger partial charge >= 0.3 is 0 Å². The fraction of sp³-hybridized carbons (Fsp3) is 0.667. The van der Waals surface area contributed by atoms with Crippen LogP contribution in [0.2, 0.25) is 0 Å². The Bertz CT molecular complexity index is 409. The van der Waals surface area contributed by atoms with Gasteiger partial charge in [-0.1, -0.05) is 45.6 Å². The van der Waals surface area contributed by atoms with E-state index in [0.717, 1.165) is 23.6 Å². The summed E-state index contributed by atoms with van der Waals surface area (Å²) >= 11 is 0. The summed E-state index contributed by atoms with van der Waals surface area (Å²) < 4.78 is 13.7. The minimum Gasteiger partial charge on any atom is -0.310 e. The van der Waals surface area contributed by atoms with Crippen LogP contribution in [0.1, 0.15) is 63.1 Å². The molecule has 1 aromatic rings. The Morgan fingerprint density at radius 2 is 1.95 bits per heavy atom. The van der Waals surface area contributed by atoms with E-state index < -0.39 is 0 Å². The van der Waals surface area contributed by atoms with Gasteiger partial charge in [-0.3, -0.25) is 0 Å². The van der Waals surface area contributed by atoms with Gasteiger partial charge in [0.2, 0.25) is 0 Å². The Morgan fingerprint density at radius 1 is 1.20 bits per heavy atom. The summed E-state index contributed by atoms with van der Waals surface area (Å²) in [4.78, 5) is 0. The van der Waals surface area contributed by atoms with E-state index in [9.17, 15) is 4.39 Å². The van der Waals surface area contributed by atoms with Crippen molar-refractivity contribution in [2.75, 3.05) is 6.54 Å². The standard InChI is InChI=1S/C18H28FN/c1-4-14-8-6-7-9-17(14)18(20-5-2)15-10-13(3)11-16(19)12-15/h10-12,14,17-18,20H,4-9H2,1-3H3. The van der Waals surface area contributed by atoms with E-state index in [2.05, 4.69) is 25.2 Å². The lowest BCUT2D eigenvalue weighted by molar-refractivity contribution is 0.176. The van der Waals surface area contributed by atoms with E-state index in [0.29, 0.717) is 12.0 Å². The molecule has 0 spiro atoms. The first kappa shape index (κ1) is 15.5. The number of benzene rings is 1. The van der Waals surface area contributed by atoms with E-state index in [1.165, 1.54) is 32.1 Å². The maximum atomic E-state index is 13.7. The summed E-state index contributed by atoms with van der Waals surface area (Å²) in [5.41, 5.74) is 2.15. The highest BCUT2D eigenvalue weighted by Gasteiger charge is 2.31. The van der Waals surface area contributed by atoms with Gasteiger partial charge in [-0.25, -0.2) is 4.39 Å². The Kier molecular flexibility index (Phi) is 5.59. The van der Waals surface area contributed by atoms with E-state index in [4.69, 9.17) is 0 Å². The summed E-state index contributed by atoms with van der Waals surface area (Å²) in [6.45, 7) is 7.35. The van der Waals surface area contributed by atoms with Crippen molar-refractivity contribution in [2.24, 2.45) is 11.8 Å². The Balaban J connectivity index is 2.28. The van der Waals surface area contributed by atoms with Crippen molar-refractivity contribution in [2.45, 2.75) is 58.9 Å². The molecule has 2 rings (SSSR count). The van der Waals surface area contributed by atoms with Crippen LogP contribution in [-0.2, 0) is 0 Å². The molecule has 0 bridgehead atoms. The van der Waals surface area contributed by atoms with E-state index in [1.54, 1.807) is 12.1 Å². The van der Waals surface area contributed by atoms with Crippen LogP contribution in [0.4, 0.5) is 4.39 Å². The molecule has 0 heterocycles. The van der Waals surface area contributed by atoms with Gasteiger partial charge in [0.1, 0.15) is 5.82 Å². The molecule has 0 radical (unpaired) electrons. The third-order valence-corrected chi connectivity index (χ3v) is 4.77. The number of aryl methyl sites for hydroxylation is 1. The van der Waals surface area contributed by atoms with Gasteiger partial charge in [0.25, 0.3) is 0 Å². The first-order chi connectivity index (χ1) is 9.65. The summed E-state index contributed by atoms with van der Waals surface area (Å²) in [6.07, 6.45) is 6.51. The third-order valence-electron chi connectivity index (χ3n) is 4.77. The van der Waals surface area contributed by atoms with Crippen LogP contribution in [0.25, 0.3) is 0 Å². The fourth-order valence-electron chi connectivity index (χ4n) is 3.86. The quantitative estimate of drug-likeness (QED) is 0.798. The van der Waals surface area contributed by atoms with Crippen molar-refractivity contribution < 1.29 is 4.39 Å². The molecule has 1 nitrogen and oxygen atoms in total. The van der Waals surface area contributed by atoms with Crippen molar-refractivity contribution in [3.63, 3.8) is 0 Å². The Morgan fingerprint density at radius 3 is 2.60 bits per heavy atom. The second kappa shape index (κ2) is 7.21. The SMILES string of the molecule is CCNC(c1cc(C)cc(F)c1)C1CCCCC1CC. The smallest absolute Gasteiger partial charge is 0.123 e. The molecule has 1 aliphatic rings. The molecular weight excluding hydrogens is 249 g/mol. The summed E-state index contributed by atoms with van der Waals surface area (Å²) in [7, 11) is 0. The normalized spacial score (nSPS) is 24.6. The van der Waals surface area contributed by atoms with E-state index in [1.807, 2.05) is 6.92 Å². The van der Waals surface area contributed by atoms with Crippen molar-refractivity contribution >= 4 is 0 Å². The molecule has 0 aliphatic heterocycles. The summed E-state index contributed by atoms with van der Waals surface area (Å²) in [5.74, 6) is 1.32. The van der Waals surface area contributed by atoms with Gasteiger partial charge in [0.05, 0.1) is 0 Å². The molecule has 1 fully saturated rings. The summed E-state index contributed by atoms with van der Waals surface area (Å²) in [5, 5.41) is 3.62. The van der Waals surface area contributed by atoms with E-state index in [-0.39, 0.29) is 5.82 Å². The molecule has 2 heteroatoms. The first-order valence-electron chi connectivity index (χ1n) is 8.16. The van der Waals surface area contributed by atoms with Gasteiger partial charge in [0.15, 0.2) is 0 Å². The number of halogens is 1. The zero-order valence-electron chi connectivity index (χ0n) is 13.1. The fourth-order valence-corrected chi connectivity index (χ4v) is 3.86. The first-order valence-corrected chi connectivity index (χ1v) is 8.16. The lowest BCUT2D eigenvalue weighted by atomic mass is 9.72. The summed E-state index contributed by atoms with van der Waals surface area (Å²) in [6, 6.07) is 5.80. The van der Waals surface area contributed by atoms with Gasteiger partial charge in [0, 0.05) is 6.04 Å². The number of hydrogen-bond acceptors (Lipinski definition) is 1. The molecule has 1 aliphatic carbocycles. The van der Waals surface area contributed by atoms with Crippen LogP contribution in [-0.4, -0.2) is 6.54 Å². The van der Waals surface area contributed by atoms with Crippen LogP contribution in [0, 0.1) is 24.6 Å². The van der Waals surface area contributed by atoms with Gasteiger partial charge in [-0.15, -0.1) is 0 Å². The molecule has 0 amide bonds. The zero-order valence-corrected chi connectivity index (χ0v) is 13.1. The Labute approximate surface area is 123 Å². The molecule has 0 aromatic heterocycles. The van der Waals surface area contributed by atoms with Crippen LogP contribution >= 0.6 is 0 Å². The molecule has 1 aromatic carbocycles. The maximum Gasteiger partial charge on any atom is 0.123 e. The van der Waals surface area contributed by atoms with Gasteiger partial charge in [-0.05, 0) is 55.0 Å². The average Bonchev–Trinajstić information content (AvgIpc) is 2.43. The molecule has 1 N–H and O–H groups in total. The minimum atomic E-state index is -0.105. The molecule has 1 saturated carbocycles. The molecule has 3 unspecified atom stereocenters. The van der Waals surface area contributed by atoms with Gasteiger partial charge in [-0.2, -0.15) is 0 Å². The molecule has 20 heavy (non-hydrogen) atoms. The van der Waals surface area contributed by atoms with Crippen LogP contribution in [0.15, 0.2) is 18.2 Å². The number of nitrogens with one attached hydrogen (secondary N) is 1. The predicted molar refractivity (Wildman–Crippen MR) is 83.3 cm³/mol. The molecule has 3 atom stereocenters. The van der Waals surface area contributed by atoms with Crippen LogP contribution < -0.4 is 5.32 Å². The monoisotopic (exact) mass is 277 g/mol. The third kappa shape index (κ3) is 3.60. The topological polar surface area (TPSA) is 12.0 Å². The maximum absolute atomic E-state index is 13.7. The number of hydrogen-bond donors (Lipinski definition) is 1. The highest BCUT2D eigenvalue weighted by molar-refractivity contribution is 5.27. The van der Waals surface area contributed by atoms with Crippen molar-refractivity contribution in [3.8, 4) is 0 Å². The number of rotatable bonds is 5. The lowest BCUT2D eigenvalue weighted by Crippen LogP contribution is -2.34. The Hall–Kier alpha value is -0.890. The molecule has 0 saturated heterocycles. The predicted octanol–water partition coefficient (Wildman–Crippen LogP) is 5.00. The highest BCUT2D eigenvalue weighted by atomic mass is 19.1. The van der Waals surface area contributed by atoms with Crippen molar-refractivity contribution in [3.05, 3.63) is 35.1 Å². The van der Waals surface area contributed by atoms with Gasteiger partial charge < -0.3 is 5.32 Å². The van der Waals surface area contributed by atoms with E-state index >= 15 is 0 Å². The van der Waals surface area contributed by atoms with Crippen molar-refractivity contribution in [1.29, 1.82) is 0 Å².